The summed E-state index contributed by atoms with van der Waals surface area (Å²) in [5.74, 6) is 1.15. The second-order valence-electron chi connectivity index (χ2n) is 5.71. The summed E-state index contributed by atoms with van der Waals surface area (Å²) in [6.07, 6.45) is 3.47. The highest BCUT2D eigenvalue weighted by Crippen LogP contribution is 2.14. The zero-order valence-corrected chi connectivity index (χ0v) is 13.1. The van der Waals surface area contributed by atoms with Gasteiger partial charge in [-0.2, -0.15) is 0 Å². The molecular weight excluding hydrogens is 264 g/mol. The quantitative estimate of drug-likeness (QED) is 0.818. The maximum absolute atomic E-state index is 12.1. The van der Waals surface area contributed by atoms with Crippen molar-refractivity contribution in [1.82, 2.24) is 10.2 Å². The summed E-state index contributed by atoms with van der Waals surface area (Å²) in [5, 5.41) is 3.28. The minimum absolute atomic E-state index is 0.261. The maximum atomic E-state index is 12.1. The van der Waals surface area contributed by atoms with Crippen molar-refractivity contribution in [3.63, 3.8) is 0 Å². The standard InChI is InChI=1S/C17H26N2O2/c1-14-5-3-6-16(13-14)21-12-4-7-17(20)19-10-8-15(18-2)9-11-19/h3,5-6,13,15,18H,4,7-12H2,1-2H3. The van der Waals surface area contributed by atoms with Crippen molar-refractivity contribution < 1.29 is 9.53 Å². The van der Waals surface area contributed by atoms with Crippen molar-refractivity contribution in [3.05, 3.63) is 29.8 Å². The molecule has 1 aliphatic rings. The van der Waals surface area contributed by atoms with Gasteiger partial charge in [-0.1, -0.05) is 12.1 Å². The topological polar surface area (TPSA) is 41.6 Å². The molecule has 1 fully saturated rings. The van der Waals surface area contributed by atoms with Crippen LogP contribution in [0.4, 0.5) is 0 Å². The molecule has 0 unspecified atom stereocenters. The molecule has 1 aliphatic heterocycles. The van der Waals surface area contributed by atoms with Crippen molar-refractivity contribution in [2.24, 2.45) is 0 Å². The lowest BCUT2D eigenvalue weighted by molar-refractivity contribution is -0.132. The maximum Gasteiger partial charge on any atom is 0.222 e. The minimum atomic E-state index is 0.261. The second-order valence-corrected chi connectivity index (χ2v) is 5.71. The van der Waals surface area contributed by atoms with E-state index < -0.39 is 0 Å². The lowest BCUT2D eigenvalue weighted by atomic mass is 10.0. The highest BCUT2D eigenvalue weighted by Gasteiger charge is 2.21. The average molecular weight is 290 g/mol. The molecule has 0 atom stereocenters. The number of rotatable bonds is 6. The molecule has 0 aliphatic carbocycles. The summed E-state index contributed by atoms with van der Waals surface area (Å²) in [6.45, 7) is 4.40. The fourth-order valence-corrected chi connectivity index (χ4v) is 2.69. The number of nitrogens with zero attached hydrogens (tertiary/aromatic N) is 1. The van der Waals surface area contributed by atoms with Gasteiger partial charge in [0, 0.05) is 25.6 Å². The molecule has 1 saturated heterocycles. The van der Waals surface area contributed by atoms with Crippen LogP contribution >= 0.6 is 0 Å². The Balaban J connectivity index is 1.63. The molecule has 4 heteroatoms. The van der Waals surface area contributed by atoms with Crippen LogP contribution in [0.15, 0.2) is 24.3 Å². The number of carbonyl (C=O) groups excluding carboxylic acids is 1. The Morgan fingerprint density at radius 2 is 2.14 bits per heavy atom. The molecule has 21 heavy (non-hydrogen) atoms. The first-order chi connectivity index (χ1) is 10.2. The van der Waals surface area contributed by atoms with Gasteiger partial charge in [-0.05, 0) is 50.9 Å². The van der Waals surface area contributed by atoms with Crippen LogP contribution in [0.25, 0.3) is 0 Å². The summed E-state index contributed by atoms with van der Waals surface area (Å²) in [5.41, 5.74) is 1.19. The molecule has 2 rings (SSSR count). The molecule has 1 heterocycles. The number of ether oxygens (including phenoxy) is 1. The van der Waals surface area contributed by atoms with Crippen molar-refractivity contribution in [3.8, 4) is 5.75 Å². The third-order valence-electron chi connectivity index (χ3n) is 4.05. The number of hydrogen-bond donors (Lipinski definition) is 1. The zero-order valence-electron chi connectivity index (χ0n) is 13.1. The molecule has 1 aromatic carbocycles. The summed E-state index contributed by atoms with van der Waals surface area (Å²) in [7, 11) is 1.99. The van der Waals surface area contributed by atoms with E-state index >= 15 is 0 Å². The van der Waals surface area contributed by atoms with E-state index in [1.54, 1.807) is 0 Å². The molecule has 0 saturated carbocycles. The van der Waals surface area contributed by atoms with Gasteiger partial charge in [-0.15, -0.1) is 0 Å². The Labute approximate surface area is 127 Å². The smallest absolute Gasteiger partial charge is 0.222 e. The van der Waals surface area contributed by atoms with E-state index in [9.17, 15) is 4.79 Å². The predicted octanol–water partition coefficient (Wildman–Crippen LogP) is 2.36. The van der Waals surface area contributed by atoms with E-state index in [1.807, 2.05) is 43.1 Å². The van der Waals surface area contributed by atoms with Crippen LogP contribution in [0.3, 0.4) is 0 Å². The molecule has 4 nitrogen and oxygen atoms in total. The number of aryl methyl sites for hydroxylation is 1. The number of likely N-dealkylation sites (tertiary alicyclic amines) is 1. The normalized spacial score (nSPS) is 16.0. The minimum Gasteiger partial charge on any atom is -0.494 e. The third kappa shape index (κ3) is 5.05. The summed E-state index contributed by atoms with van der Waals surface area (Å²) < 4.78 is 5.68. The highest BCUT2D eigenvalue weighted by molar-refractivity contribution is 5.76. The zero-order chi connectivity index (χ0) is 15.1. The molecule has 116 valence electrons. The van der Waals surface area contributed by atoms with E-state index in [1.165, 1.54) is 5.56 Å². The van der Waals surface area contributed by atoms with Crippen LogP contribution in [0.2, 0.25) is 0 Å². The molecule has 1 N–H and O–H groups in total. The molecule has 0 bridgehead atoms. The fourth-order valence-electron chi connectivity index (χ4n) is 2.69. The van der Waals surface area contributed by atoms with Gasteiger partial charge >= 0.3 is 0 Å². The van der Waals surface area contributed by atoms with E-state index in [2.05, 4.69) is 5.32 Å². The number of piperidine rings is 1. The van der Waals surface area contributed by atoms with Crippen LogP contribution < -0.4 is 10.1 Å². The van der Waals surface area contributed by atoms with E-state index in [-0.39, 0.29) is 5.91 Å². The molecule has 0 radical (unpaired) electrons. The number of hydrogen-bond acceptors (Lipinski definition) is 3. The largest absolute Gasteiger partial charge is 0.494 e. The predicted molar refractivity (Wildman–Crippen MR) is 84.6 cm³/mol. The molecular formula is C17H26N2O2. The van der Waals surface area contributed by atoms with Gasteiger partial charge in [-0.25, -0.2) is 0 Å². The number of amides is 1. The number of carbonyl (C=O) groups is 1. The second kappa shape index (κ2) is 8.03. The van der Waals surface area contributed by atoms with Gasteiger partial charge in [0.2, 0.25) is 5.91 Å². The van der Waals surface area contributed by atoms with Gasteiger partial charge in [-0.3, -0.25) is 4.79 Å². The molecule has 0 aromatic heterocycles. The molecule has 0 spiro atoms. The SMILES string of the molecule is CNC1CCN(C(=O)CCCOc2cccc(C)c2)CC1. The Hall–Kier alpha value is -1.55. The van der Waals surface area contributed by atoms with E-state index in [4.69, 9.17) is 4.74 Å². The Kier molecular flexibility index (Phi) is 6.05. The highest BCUT2D eigenvalue weighted by atomic mass is 16.5. The van der Waals surface area contributed by atoms with Crippen molar-refractivity contribution >= 4 is 5.91 Å². The van der Waals surface area contributed by atoms with E-state index in [0.717, 1.165) is 38.1 Å². The van der Waals surface area contributed by atoms with E-state index in [0.29, 0.717) is 19.1 Å². The first-order valence-corrected chi connectivity index (χ1v) is 7.83. The van der Waals surface area contributed by atoms with Crippen molar-refractivity contribution in [2.75, 3.05) is 26.7 Å². The molecule has 1 aromatic rings. The van der Waals surface area contributed by atoms with Crippen molar-refractivity contribution in [2.45, 2.75) is 38.6 Å². The monoisotopic (exact) mass is 290 g/mol. The fraction of sp³-hybridized carbons (Fsp3) is 0.588. The van der Waals surface area contributed by atoms with Crippen LogP contribution in [0.5, 0.6) is 5.75 Å². The van der Waals surface area contributed by atoms with Gasteiger partial charge in [0.1, 0.15) is 5.75 Å². The van der Waals surface area contributed by atoms with Crippen molar-refractivity contribution in [1.29, 1.82) is 0 Å². The van der Waals surface area contributed by atoms with Crippen LogP contribution in [0.1, 0.15) is 31.2 Å². The summed E-state index contributed by atoms with van der Waals surface area (Å²) in [6, 6.07) is 8.58. The third-order valence-corrected chi connectivity index (χ3v) is 4.05. The van der Waals surface area contributed by atoms with Gasteiger partial charge in [0.15, 0.2) is 0 Å². The summed E-state index contributed by atoms with van der Waals surface area (Å²) >= 11 is 0. The van der Waals surface area contributed by atoms with Crippen LogP contribution in [0, 0.1) is 6.92 Å². The average Bonchev–Trinajstić information content (AvgIpc) is 2.51. The van der Waals surface area contributed by atoms with Gasteiger partial charge in [0.05, 0.1) is 6.61 Å². The first kappa shape index (κ1) is 15.8. The number of benzene rings is 1. The van der Waals surface area contributed by atoms with Crippen LogP contribution in [-0.4, -0.2) is 43.6 Å². The Morgan fingerprint density at radius 1 is 1.38 bits per heavy atom. The van der Waals surface area contributed by atoms with Crippen LogP contribution in [-0.2, 0) is 4.79 Å². The van der Waals surface area contributed by atoms with Gasteiger partial charge in [0.25, 0.3) is 0 Å². The Morgan fingerprint density at radius 3 is 2.81 bits per heavy atom. The lowest BCUT2D eigenvalue weighted by Crippen LogP contribution is -2.43. The summed E-state index contributed by atoms with van der Waals surface area (Å²) in [4.78, 5) is 14.1. The van der Waals surface area contributed by atoms with Gasteiger partial charge < -0.3 is 15.0 Å². The number of nitrogens with one attached hydrogen (secondary N) is 1. The lowest BCUT2D eigenvalue weighted by Gasteiger charge is -2.31. The molecule has 1 amide bonds. The Bertz CT molecular complexity index is 454. The first-order valence-electron chi connectivity index (χ1n) is 7.83.